The van der Waals surface area contributed by atoms with E-state index in [1.54, 1.807) is 24.3 Å². The number of carbonyl (C=O) groups is 1. The zero-order valence-electron chi connectivity index (χ0n) is 23.2. The van der Waals surface area contributed by atoms with Crippen molar-refractivity contribution in [3.63, 3.8) is 0 Å². The highest BCUT2D eigenvalue weighted by atomic mass is 16.5. The Kier molecular flexibility index (Phi) is 8.99. The summed E-state index contributed by atoms with van der Waals surface area (Å²) in [5.74, 6) is 0.614. The molecule has 4 aromatic carbocycles. The molecule has 0 unspecified atom stereocenters. The fraction of sp³-hybridized carbons (Fsp3) is 0.250. The topological polar surface area (TPSA) is 141 Å². The summed E-state index contributed by atoms with van der Waals surface area (Å²) in [6.07, 6.45) is 0.0571. The average molecular weight is 565 g/mol. The summed E-state index contributed by atoms with van der Waals surface area (Å²) in [4.78, 5) is 21.8. The molecule has 0 radical (unpaired) electrons. The molecule has 1 aliphatic rings. The van der Waals surface area contributed by atoms with Crippen molar-refractivity contribution in [2.45, 2.75) is 38.0 Å². The standard InChI is InChI=1S/C32H32N6O4/c1-22-32(20-25-9-3-5-13-29(25)36-38-33,35-30(42-22)24-14-16-27(17-15-24)41-19-7-18-39)31(40)37-34-21-26-11-6-10-23-8-2-4-12-28(23)26/h2-6,8-17,22,34,39H,7,18-21H2,1H3,(H,37,40)/t22-,32-/m0/s1. The Balaban J connectivity index is 1.42. The van der Waals surface area contributed by atoms with Crippen LogP contribution >= 0.6 is 0 Å². The number of nitrogens with one attached hydrogen (secondary N) is 2. The molecule has 1 heterocycles. The average Bonchev–Trinajstić information content (AvgIpc) is 3.35. The van der Waals surface area contributed by atoms with E-state index in [0.29, 0.717) is 48.0 Å². The summed E-state index contributed by atoms with van der Waals surface area (Å²) < 4.78 is 11.8. The Morgan fingerprint density at radius 2 is 1.79 bits per heavy atom. The van der Waals surface area contributed by atoms with Crippen molar-refractivity contribution in [2.24, 2.45) is 10.1 Å². The number of carbonyl (C=O) groups excluding carboxylic acids is 1. The molecule has 0 saturated heterocycles. The van der Waals surface area contributed by atoms with E-state index in [2.05, 4.69) is 39.1 Å². The van der Waals surface area contributed by atoms with Gasteiger partial charge in [-0.2, -0.15) is 0 Å². The normalized spacial score (nSPS) is 17.7. The molecule has 4 aromatic rings. The number of azide groups is 1. The molecular weight excluding hydrogens is 532 g/mol. The highest BCUT2D eigenvalue weighted by Crippen LogP contribution is 2.35. The number of hydrogen-bond donors (Lipinski definition) is 3. The maximum atomic E-state index is 14.0. The summed E-state index contributed by atoms with van der Waals surface area (Å²) in [5, 5.41) is 15.0. The molecule has 10 heteroatoms. The van der Waals surface area contributed by atoms with Crippen LogP contribution in [-0.4, -0.2) is 41.8 Å². The van der Waals surface area contributed by atoms with Crippen LogP contribution in [-0.2, 0) is 22.5 Å². The van der Waals surface area contributed by atoms with Gasteiger partial charge in [0.05, 0.1) is 6.61 Å². The number of benzene rings is 4. The van der Waals surface area contributed by atoms with Gasteiger partial charge in [0.1, 0.15) is 11.9 Å². The van der Waals surface area contributed by atoms with E-state index < -0.39 is 11.6 Å². The smallest absolute Gasteiger partial charge is 0.266 e. The summed E-state index contributed by atoms with van der Waals surface area (Å²) in [6, 6.07) is 28.5. The molecule has 10 nitrogen and oxygen atoms in total. The Bertz CT molecular complexity index is 1630. The van der Waals surface area contributed by atoms with Crippen LogP contribution in [0.25, 0.3) is 21.2 Å². The van der Waals surface area contributed by atoms with Gasteiger partial charge in [-0.05, 0) is 58.6 Å². The summed E-state index contributed by atoms with van der Waals surface area (Å²) in [6.45, 7) is 2.68. The molecule has 1 aliphatic heterocycles. The van der Waals surface area contributed by atoms with Crippen molar-refractivity contribution in [1.29, 1.82) is 0 Å². The van der Waals surface area contributed by atoms with E-state index in [0.717, 1.165) is 16.3 Å². The van der Waals surface area contributed by atoms with Crippen LogP contribution in [0.3, 0.4) is 0 Å². The molecule has 0 bridgehead atoms. The number of aliphatic hydroxyl groups excluding tert-OH is 1. The van der Waals surface area contributed by atoms with Crippen molar-refractivity contribution in [3.8, 4) is 5.75 Å². The van der Waals surface area contributed by atoms with Gasteiger partial charge in [0, 0.05) is 42.2 Å². The molecule has 1 amide bonds. The van der Waals surface area contributed by atoms with E-state index in [-0.39, 0.29) is 18.9 Å². The lowest BCUT2D eigenvalue weighted by Crippen LogP contribution is -2.55. The van der Waals surface area contributed by atoms with Gasteiger partial charge < -0.3 is 14.6 Å². The number of ether oxygens (including phenoxy) is 2. The van der Waals surface area contributed by atoms with Crippen LogP contribution in [0.2, 0.25) is 0 Å². The molecule has 0 aliphatic carbocycles. The maximum absolute atomic E-state index is 14.0. The summed E-state index contributed by atoms with van der Waals surface area (Å²) >= 11 is 0. The van der Waals surface area contributed by atoms with Crippen molar-refractivity contribution in [1.82, 2.24) is 10.9 Å². The number of aliphatic imine (C=N–C) groups is 1. The number of hydrazine groups is 1. The molecule has 42 heavy (non-hydrogen) atoms. The minimum absolute atomic E-state index is 0.0599. The van der Waals surface area contributed by atoms with Gasteiger partial charge in [0.15, 0.2) is 5.54 Å². The number of nitrogens with zero attached hydrogens (tertiary/aromatic N) is 4. The summed E-state index contributed by atoms with van der Waals surface area (Å²) in [5.41, 5.74) is 16.5. The lowest BCUT2D eigenvalue weighted by Gasteiger charge is -2.28. The summed E-state index contributed by atoms with van der Waals surface area (Å²) in [7, 11) is 0. The molecule has 0 fully saturated rings. The first-order valence-electron chi connectivity index (χ1n) is 13.8. The Morgan fingerprint density at radius 3 is 2.60 bits per heavy atom. The molecule has 5 rings (SSSR count). The monoisotopic (exact) mass is 564 g/mol. The van der Waals surface area contributed by atoms with Gasteiger partial charge in [-0.15, -0.1) is 0 Å². The van der Waals surface area contributed by atoms with Crippen molar-refractivity contribution in [2.75, 3.05) is 13.2 Å². The second kappa shape index (κ2) is 13.2. The largest absolute Gasteiger partial charge is 0.494 e. The van der Waals surface area contributed by atoms with Gasteiger partial charge in [-0.3, -0.25) is 10.2 Å². The number of aliphatic hydroxyl groups is 1. The van der Waals surface area contributed by atoms with Crippen LogP contribution in [0.4, 0.5) is 5.69 Å². The molecule has 0 aromatic heterocycles. The zero-order valence-corrected chi connectivity index (χ0v) is 23.2. The minimum atomic E-state index is -1.35. The van der Waals surface area contributed by atoms with Crippen molar-refractivity contribution >= 4 is 28.3 Å². The van der Waals surface area contributed by atoms with Crippen LogP contribution < -0.4 is 15.6 Å². The van der Waals surface area contributed by atoms with Crippen LogP contribution in [0.1, 0.15) is 30.0 Å². The molecule has 214 valence electrons. The van der Waals surface area contributed by atoms with Crippen LogP contribution in [0.15, 0.2) is 101 Å². The lowest BCUT2D eigenvalue weighted by atomic mass is 9.85. The van der Waals surface area contributed by atoms with Crippen molar-refractivity contribution in [3.05, 3.63) is 118 Å². The van der Waals surface area contributed by atoms with Gasteiger partial charge in [0.2, 0.25) is 5.90 Å². The minimum Gasteiger partial charge on any atom is -0.494 e. The van der Waals surface area contributed by atoms with E-state index in [1.807, 2.05) is 55.5 Å². The zero-order chi connectivity index (χ0) is 29.4. The highest BCUT2D eigenvalue weighted by Gasteiger charge is 2.50. The van der Waals surface area contributed by atoms with Gasteiger partial charge in [0.25, 0.3) is 5.91 Å². The number of amides is 1. The Hall–Kier alpha value is -4.89. The van der Waals surface area contributed by atoms with E-state index in [9.17, 15) is 4.79 Å². The Morgan fingerprint density at radius 1 is 1.05 bits per heavy atom. The van der Waals surface area contributed by atoms with E-state index >= 15 is 0 Å². The predicted octanol–water partition coefficient (Wildman–Crippen LogP) is 5.51. The van der Waals surface area contributed by atoms with Gasteiger partial charge >= 0.3 is 0 Å². The van der Waals surface area contributed by atoms with Crippen LogP contribution in [0.5, 0.6) is 5.75 Å². The SMILES string of the molecule is C[C@@H]1OC(c2ccc(OCCCO)cc2)=N[C@]1(Cc1ccccc1N=[N+]=[N-])C(=O)NNCc1cccc2ccccc12. The first-order valence-corrected chi connectivity index (χ1v) is 13.8. The number of fused-ring (bicyclic) bond motifs is 1. The lowest BCUT2D eigenvalue weighted by molar-refractivity contribution is -0.129. The molecule has 3 N–H and O–H groups in total. The predicted molar refractivity (Wildman–Crippen MR) is 161 cm³/mol. The molecule has 0 saturated carbocycles. The van der Waals surface area contributed by atoms with E-state index in [4.69, 9.17) is 25.1 Å². The molecule has 0 spiro atoms. The quantitative estimate of drug-likeness (QED) is 0.0684. The second-order valence-electron chi connectivity index (χ2n) is 9.99. The second-order valence-corrected chi connectivity index (χ2v) is 9.99. The van der Waals surface area contributed by atoms with Crippen LogP contribution in [0, 0.1) is 0 Å². The molecular formula is C32H32N6O4. The maximum Gasteiger partial charge on any atom is 0.266 e. The number of rotatable bonds is 12. The first kappa shape index (κ1) is 28.6. The first-order chi connectivity index (χ1) is 20.5. The highest BCUT2D eigenvalue weighted by molar-refractivity contribution is 6.01. The molecule has 2 atom stereocenters. The fourth-order valence-electron chi connectivity index (χ4n) is 5.01. The number of hydrogen-bond acceptors (Lipinski definition) is 7. The third-order valence-corrected chi connectivity index (χ3v) is 7.29. The third kappa shape index (κ3) is 6.21. The van der Waals surface area contributed by atoms with Crippen molar-refractivity contribution < 1.29 is 19.4 Å². The fourth-order valence-corrected chi connectivity index (χ4v) is 5.01. The van der Waals surface area contributed by atoms with E-state index in [1.165, 1.54) is 0 Å². The van der Waals surface area contributed by atoms with Gasteiger partial charge in [-0.25, -0.2) is 10.4 Å². The third-order valence-electron chi connectivity index (χ3n) is 7.29. The Labute approximate surface area is 243 Å². The van der Waals surface area contributed by atoms with Gasteiger partial charge in [-0.1, -0.05) is 71.8 Å².